The highest BCUT2D eigenvalue weighted by Gasteiger charge is 2.38. The van der Waals surface area contributed by atoms with Crippen LogP contribution < -0.4 is 16.6 Å². The second-order valence-electron chi connectivity index (χ2n) is 7.62. The SMILES string of the molecule is Cc1cn([C@@H]2C[C@H](CNC(=O)CO)N(C(=O)OC(C)(C)C)C2)c(=O)[nH]c1=O. The number of carbonyl (C=O) groups excluding carboxylic acids is 2. The molecule has 1 fully saturated rings. The Balaban J connectivity index is 2.26. The molecule has 1 aliphatic heterocycles. The normalized spacial score (nSPS) is 19.8. The number of carbonyl (C=O) groups is 2. The third kappa shape index (κ3) is 5.19. The molecule has 10 heteroatoms. The van der Waals surface area contributed by atoms with Crippen LogP contribution in [0.15, 0.2) is 15.8 Å². The number of likely N-dealkylation sites (tertiary alicyclic amines) is 1. The van der Waals surface area contributed by atoms with Crippen molar-refractivity contribution in [2.24, 2.45) is 0 Å². The van der Waals surface area contributed by atoms with Crippen molar-refractivity contribution in [2.45, 2.75) is 51.8 Å². The number of aliphatic hydroxyl groups excluding tert-OH is 1. The molecule has 10 nitrogen and oxygen atoms in total. The molecule has 1 aromatic rings. The lowest BCUT2D eigenvalue weighted by atomic mass is 10.1. The van der Waals surface area contributed by atoms with Gasteiger partial charge in [-0.1, -0.05) is 0 Å². The van der Waals surface area contributed by atoms with Crippen molar-refractivity contribution in [3.8, 4) is 0 Å². The quantitative estimate of drug-likeness (QED) is 0.643. The van der Waals surface area contributed by atoms with Gasteiger partial charge in [-0.3, -0.25) is 19.1 Å². The summed E-state index contributed by atoms with van der Waals surface area (Å²) in [7, 11) is 0. The summed E-state index contributed by atoms with van der Waals surface area (Å²) in [6.45, 7) is 6.49. The molecule has 2 amide bonds. The van der Waals surface area contributed by atoms with Gasteiger partial charge in [-0.05, 0) is 34.1 Å². The van der Waals surface area contributed by atoms with Crippen LogP contribution >= 0.6 is 0 Å². The summed E-state index contributed by atoms with van der Waals surface area (Å²) < 4.78 is 6.81. The van der Waals surface area contributed by atoms with Crippen molar-refractivity contribution < 1.29 is 19.4 Å². The fourth-order valence-electron chi connectivity index (χ4n) is 2.98. The van der Waals surface area contributed by atoms with Crippen LogP contribution in [0.3, 0.4) is 0 Å². The summed E-state index contributed by atoms with van der Waals surface area (Å²) in [5, 5.41) is 11.4. The molecule has 2 rings (SSSR count). The van der Waals surface area contributed by atoms with E-state index in [0.717, 1.165) is 0 Å². The summed E-state index contributed by atoms with van der Waals surface area (Å²) in [5.41, 5.74) is -1.32. The zero-order valence-corrected chi connectivity index (χ0v) is 15.9. The van der Waals surface area contributed by atoms with Crippen LogP contribution in [0, 0.1) is 6.92 Å². The van der Waals surface area contributed by atoms with Crippen LogP contribution in [0.1, 0.15) is 38.8 Å². The number of nitrogens with zero attached hydrogens (tertiary/aromatic N) is 2. The van der Waals surface area contributed by atoms with Gasteiger partial charge in [0.2, 0.25) is 5.91 Å². The van der Waals surface area contributed by atoms with E-state index in [1.807, 2.05) is 0 Å². The Hall–Kier alpha value is -2.62. The van der Waals surface area contributed by atoms with E-state index in [2.05, 4.69) is 10.3 Å². The minimum absolute atomic E-state index is 0.117. The molecule has 1 aliphatic rings. The molecule has 150 valence electrons. The van der Waals surface area contributed by atoms with Gasteiger partial charge < -0.3 is 20.1 Å². The fourth-order valence-corrected chi connectivity index (χ4v) is 2.98. The number of ether oxygens (including phenoxy) is 1. The van der Waals surface area contributed by atoms with Crippen molar-refractivity contribution >= 4 is 12.0 Å². The van der Waals surface area contributed by atoms with E-state index >= 15 is 0 Å². The van der Waals surface area contributed by atoms with Gasteiger partial charge in [0, 0.05) is 24.8 Å². The van der Waals surface area contributed by atoms with Crippen molar-refractivity contribution in [1.82, 2.24) is 19.8 Å². The van der Waals surface area contributed by atoms with Crippen molar-refractivity contribution in [1.29, 1.82) is 0 Å². The number of nitrogens with one attached hydrogen (secondary N) is 2. The first-order valence-corrected chi connectivity index (χ1v) is 8.71. The maximum Gasteiger partial charge on any atom is 0.410 e. The molecule has 0 bridgehead atoms. The summed E-state index contributed by atoms with van der Waals surface area (Å²) in [6.07, 6.45) is 1.30. The minimum Gasteiger partial charge on any atom is -0.444 e. The molecule has 0 radical (unpaired) electrons. The lowest BCUT2D eigenvalue weighted by Crippen LogP contribution is -2.45. The van der Waals surface area contributed by atoms with E-state index in [-0.39, 0.29) is 19.1 Å². The molecule has 0 aromatic carbocycles. The minimum atomic E-state index is -0.695. The topological polar surface area (TPSA) is 134 Å². The smallest absolute Gasteiger partial charge is 0.410 e. The predicted molar refractivity (Wildman–Crippen MR) is 96.5 cm³/mol. The van der Waals surface area contributed by atoms with Crippen LogP contribution in [-0.2, 0) is 9.53 Å². The second-order valence-corrected chi connectivity index (χ2v) is 7.62. The van der Waals surface area contributed by atoms with Gasteiger partial charge in [0.1, 0.15) is 12.2 Å². The molecule has 2 heterocycles. The van der Waals surface area contributed by atoms with Crippen LogP contribution in [0.25, 0.3) is 0 Å². The van der Waals surface area contributed by atoms with E-state index in [0.29, 0.717) is 12.0 Å². The first kappa shape index (κ1) is 20.7. The van der Waals surface area contributed by atoms with Gasteiger partial charge in [-0.25, -0.2) is 9.59 Å². The number of aliphatic hydroxyl groups is 1. The Kier molecular flexibility index (Phi) is 6.09. The Morgan fingerprint density at radius 3 is 2.63 bits per heavy atom. The van der Waals surface area contributed by atoms with Crippen LogP contribution in [-0.4, -0.2) is 62.9 Å². The van der Waals surface area contributed by atoms with Gasteiger partial charge >= 0.3 is 11.8 Å². The van der Waals surface area contributed by atoms with Gasteiger partial charge in [-0.15, -0.1) is 0 Å². The number of hydrogen-bond donors (Lipinski definition) is 3. The molecule has 0 unspecified atom stereocenters. The number of rotatable bonds is 4. The zero-order chi connectivity index (χ0) is 20.4. The van der Waals surface area contributed by atoms with Crippen LogP contribution in [0.5, 0.6) is 0 Å². The average Bonchev–Trinajstić information content (AvgIpc) is 2.98. The first-order valence-electron chi connectivity index (χ1n) is 8.71. The molecule has 1 aromatic heterocycles. The molecule has 0 spiro atoms. The lowest BCUT2D eigenvalue weighted by molar-refractivity contribution is -0.124. The predicted octanol–water partition coefficient (Wildman–Crippen LogP) is -0.496. The molecule has 0 saturated carbocycles. The summed E-state index contributed by atoms with van der Waals surface area (Å²) in [6, 6.07) is -0.795. The van der Waals surface area contributed by atoms with Crippen molar-refractivity contribution in [3.63, 3.8) is 0 Å². The van der Waals surface area contributed by atoms with E-state index in [4.69, 9.17) is 9.84 Å². The fraction of sp³-hybridized carbons (Fsp3) is 0.647. The number of aromatic amines is 1. The molecule has 2 atom stereocenters. The third-order valence-electron chi connectivity index (χ3n) is 4.24. The number of H-pyrrole nitrogens is 1. The summed E-state index contributed by atoms with van der Waals surface area (Å²) >= 11 is 0. The van der Waals surface area contributed by atoms with Crippen molar-refractivity contribution in [2.75, 3.05) is 19.7 Å². The van der Waals surface area contributed by atoms with E-state index in [1.165, 1.54) is 15.7 Å². The number of aryl methyl sites for hydroxylation is 1. The molecule has 27 heavy (non-hydrogen) atoms. The standard InChI is InChI=1S/C17H26N4O6/c1-10-7-20(15(25)19-14(10)24)12-5-11(6-18-13(23)9-22)21(8-12)16(26)27-17(2,3)4/h7,11-12,22H,5-6,8-9H2,1-4H3,(H,18,23)(H,19,24,25)/t11-,12-/m1/s1. The maximum absolute atomic E-state index is 12.6. The average molecular weight is 382 g/mol. The van der Waals surface area contributed by atoms with Crippen molar-refractivity contribution in [3.05, 3.63) is 32.6 Å². The molecule has 1 saturated heterocycles. The maximum atomic E-state index is 12.6. The Bertz CT molecular complexity index is 822. The number of aromatic nitrogens is 2. The lowest BCUT2D eigenvalue weighted by Gasteiger charge is -2.28. The Labute approximate surface area is 156 Å². The summed E-state index contributed by atoms with van der Waals surface area (Å²) in [4.78, 5) is 51.4. The molecular weight excluding hydrogens is 356 g/mol. The largest absolute Gasteiger partial charge is 0.444 e. The summed E-state index contributed by atoms with van der Waals surface area (Å²) in [5.74, 6) is -0.556. The zero-order valence-electron chi connectivity index (χ0n) is 15.9. The second kappa shape index (κ2) is 7.95. The molecular formula is C17H26N4O6. The third-order valence-corrected chi connectivity index (χ3v) is 4.24. The molecule has 0 aliphatic carbocycles. The first-order chi connectivity index (χ1) is 12.5. The van der Waals surface area contributed by atoms with E-state index in [9.17, 15) is 19.2 Å². The van der Waals surface area contributed by atoms with Gasteiger partial charge in [0.05, 0.1) is 12.1 Å². The van der Waals surface area contributed by atoms with Gasteiger partial charge in [-0.2, -0.15) is 0 Å². The van der Waals surface area contributed by atoms with Crippen LogP contribution in [0.4, 0.5) is 4.79 Å². The highest BCUT2D eigenvalue weighted by molar-refractivity contribution is 5.77. The number of amides is 2. The monoisotopic (exact) mass is 382 g/mol. The number of hydrogen-bond acceptors (Lipinski definition) is 6. The van der Waals surface area contributed by atoms with E-state index in [1.54, 1.807) is 27.7 Å². The molecule has 3 N–H and O–H groups in total. The Morgan fingerprint density at radius 2 is 2.04 bits per heavy atom. The van der Waals surface area contributed by atoms with Crippen LogP contribution in [0.2, 0.25) is 0 Å². The van der Waals surface area contributed by atoms with Gasteiger partial charge in [0.25, 0.3) is 5.56 Å². The Morgan fingerprint density at radius 1 is 1.37 bits per heavy atom. The highest BCUT2D eigenvalue weighted by atomic mass is 16.6. The van der Waals surface area contributed by atoms with Gasteiger partial charge in [0.15, 0.2) is 0 Å². The highest BCUT2D eigenvalue weighted by Crippen LogP contribution is 2.28. The van der Waals surface area contributed by atoms with E-state index < -0.39 is 41.5 Å².